The lowest BCUT2D eigenvalue weighted by molar-refractivity contribution is -0.139. The van der Waals surface area contributed by atoms with Crippen LogP contribution in [0, 0.1) is 11.8 Å². The van der Waals surface area contributed by atoms with Crippen LogP contribution in [0.2, 0.25) is 0 Å². The molecule has 2 aromatic rings. The van der Waals surface area contributed by atoms with Gasteiger partial charge >= 0.3 is 5.97 Å². The second kappa shape index (κ2) is 28.2. The SMILES string of the molecule is CC[C@H](NC(=O)[C@@H](N)CC)C(=O)N[C@@H](Cc1ccc(O)cc1)C(=O)N[C@H](C)C(=O)N[C@@H](Cc1ccccc1)C(=O)N[C@@H](CCC(=O)O)C(=O)N[C@H](C(=O)N[C@H](C(=O)NCC(N)=O)C(C)C)C(C)C. The van der Waals surface area contributed by atoms with Crippen LogP contribution in [0.25, 0.3) is 0 Å². The standard InChI is InChI=1S/C46H68N10O12/c1-8-30(47)40(62)51-31(9-2)41(63)54-33(22-28-15-17-29(57)18-16-28)43(65)50-26(7)39(61)53-34(21-27-13-11-10-12-14-27)44(66)52-32(19-20-36(59)60)42(64)55-38(25(5)6)46(68)56-37(24(3)4)45(67)49-23-35(48)58/h10-18,24-26,30-34,37-38,57H,8-9,19-23,47H2,1-7H3,(H2,48,58)(H,49,67)(H,50,65)(H,51,62)(H,52,66)(H,53,61)(H,54,63)(H,55,64)(H,56,68)(H,59,60)/t26-,30+,31+,32+,33+,34+,37+,38+/m1/s1. The molecule has 0 radical (unpaired) electrons. The maximum Gasteiger partial charge on any atom is 0.303 e. The summed E-state index contributed by atoms with van der Waals surface area (Å²) in [6.45, 7) is 10.7. The second-order valence-electron chi connectivity index (χ2n) is 17.0. The summed E-state index contributed by atoms with van der Waals surface area (Å²) in [6, 6.07) is 4.30. The molecule has 8 atom stereocenters. The lowest BCUT2D eigenvalue weighted by Gasteiger charge is -2.29. The number of hydrogen-bond acceptors (Lipinski definition) is 12. The summed E-state index contributed by atoms with van der Waals surface area (Å²) < 4.78 is 0. The van der Waals surface area contributed by atoms with E-state index in [9.17, 15) is 58.2 Å². The highest BCUT2D eigenvalue weighted by Gasteiger charge is 2.35. The van der Waals surface area contributed by atoms with Crippen LogP contribution >= 0.6 is 0 Å². The number of nitrogens with two attached hydrogens (primary N) is 2. The Bertz CT molecular complexity index is 2070. The van der Waals surface area contributed by atoms with Gasteiger partial charge in [0.15, 0.2) is 0 Å². The summed E-state index contributed by atoms with van der Waals surface area (Å²) >= 11 is 0. The third-order valence-corrected chi connectivity index (χ3v) is 10.7. The highest BCUT2D eigenvalue weighted by Crippen LogP contribution is 2.13. The molecular formula is C46H68N10O12. The third kappa shape index (κ3) is 19.4. The maximum atomic E-state index is 14.1. The molecule has 22 heteroatoms. The molecule has 9 amide bonds. The summed E-state index contributed by atoms with van der Waals surface area (Å²) in [7, 11) is 0. The quantitative estimate of drug-likeness (QED) is 0.0464. The number of phenolic OH excluding ortho intramolecular Hbond substituents is 1. The number of aromatic hydroxyl groups is 1. The number of aliphatic carboxylic acids is 1. The van der Waals surface area contributed by atoms with Crippen molar-refractivity contribution in [3.05, 3.63) is 65.7 Å². The van der Waals surface area contributed by atoms with Gasteiger partial charge in [0.2, 0.25) is 53.2 Å². The van der Waals surface area contributed by atoms with Crippen molar-refractivity contribution < 1.29 is 58.2 Å². The fourth-order valence-electron chi connectivity index (χ4n) is 6.56. The summed E-state index contributed by atoms with van der Waals surface area (Å²) in [5.74, 6) is -9.50. The molecule has 2 rings (SSSR count). The molecule has 14 N–H and O–H groups in total. The number of carboxylic acid groups (broad SMARTS) is 1. The first-order valence-corrected chi connectivity index (χ1v) is 22.4. The number of primary amides is 1. The molecule has 68 heavy (non-hydrogen) atoms. The summed E-state index contributed by atoms with van der Waals surface area (Å²) in [5.41, 5.74) is 12.1. The van der Waals surface area contributed by atoms with E-state index in [0.29, 0.717) is 17.5 Å². The Kier molecular flexibility index (Phi) is 23.6. The molecule has 0 saturated heterocycles. The maximum absolute atomic E-state index is 14.1. The van der Waals surface area contributed by atoms with Gasteiger partial charge in [0, 0.05) is 19.3 Å². The Balaban J connectivity index is 2.39. The molecule has 0 aliphatic carbocycles. The number of phenols is 1. The van der Waals surface area contributed by atoms with Gasteiger partial charge in [0.1, 0.15) is 48.0 Å². The van der Waals surface area contributed by atoms with Crippen LogP contribution in [0.15, 0.2) is 54.6 Å². The van der Waals surface area contributed by atoms with Crippen molar-refractivity contribution in [3.8, 4) is 5.75 Å². The number of hydrogen-bond donors (Lipinski definition) is 12. The van der Waals surface area contributed by atoms with Gasteiger partial charge in [-0.1, -0.05) is 84.0 Å². The average molecular weight is 953 g/mol. The van der Waals surface area contributed by atoms with Crippen molar-refractivity contribution in [1.82, 2.24) is 42.5 Å². The molecule has 0 spiro atoms. The Morgan fingerprint density at radius 1 is 0.529 bits per heavy atom. The molecule has 2 aromatic carbocycles. The minimum atomic E-state index is -1.56. The molecule has 0 unspecified atom stereocenters. The molecule has 0 fully saturated rings. The lowest BCUT2D eigenvalue weighted by Crippen LogP contribution is -2.61. The fourth-order valence-corrected chi connectivity index (χ4v) is 6.56. The van der Waals surface area contributed by atoms with Gasteiger partial charge in [-0.05, 0) is 61.3 Å². The normalized spacial score (nSPS) is 14.6. The van der Waals surface area contributed by atoms with Crippen molar-refractivity contribution in [2.24, 2.45) is 23.3 Å². The minimum absolute atomic E-state index is 0.0434. The highest BCUT2D eigenvalue weighted by atomic mass is 16.4. The molecule has 0 aliphatic rings. The van der Waals surface area contributed by atoms with Gasteiger partial charge in [-0.25, -0.2) is 0 Å². The van der Waals surface area contributed by atoms with Crippen molar-refractivity contribution in [3.63, 3.8) is 0 Å². The number of carbonyl (C=O) groups is 10. The van der Waals surface area contributed by atoms with Crippen LogP contribution in [0.3, 0.4) is 0 Å². The first-order valence-electron chi connectivity index (χ1n) is 22.4. The number of carbonyl (C=O) groups excluding carboxylic acids is 9. The monoisotopic (exact) mass is 953 g/mol. The highest BCUT2D eigenvalue weighted by molar-refractivity contribution is 5.98. The van der Waals surface area contributed by atoms with Crippen LogP contribution in [0.5, 0.6) is 5.75 Å². The molecule has 374 valence electrons. The fraction of sp³-hybridized carbons (Fsp3) is 0.522. The van der Waals surface area contributed by atoms with Gasteiger partial charge in [-0.15, -0.1) is 0 Å². The lowest BCUT2D eigenvalue weighted by atomic mass is 9.99. The van der Waals surface area contributed by atoms with Crippen LogP contribution in [-0.4, -0.2) is 124 Å². The molecule has 0 aliphatic heterocycles. The van der Waals surface area contributed by atoms with Gasteiger partial charge in [-0.2, -0.15) is 0 Å². The van der Waals surface area contributed by atoms with E-state index >= 15 is 0 Å². The topological polar surface area (TPSA) is 359 Å². The molecule has 0 aromatic heterocycles. The summed E-state index contributed by atoms with van der Waals surface area (Å²) in [4.78, 5) is 131. The number of amides is 9. The van der Waals surface area contributed by atoms with Crippen LogP contribution in [0.4, 0.5) is 0 Å². The molecule has 22 nitrogen and oxygen atoms in total. The Hall–Kier alpha value is -7.10. The first-order chi connectivity index (χ1) is 32.0. The van der Waals surface area contributed by atoms with E-state index in [-0.39, 0.29) is 25.0 Å². The Labute approximate surface area is 395 Å². The second-order valence-corrected chi connectivity index (χ2v) is 17.0. The Morgan fingerprint density at radius 3 is 1.50 bits per heavy atom. The van der Waals surface area contributed by atoms with E-state index in [0.717, 1.165) is 0 Å². The molecule has 0 bridgehead atoms. The summed E-state index contributed by atoms with van der Waals surface area (Å²) in [6.07, 6.45) is -0.808. The number of carboxylic acids is 1. The smallest absolute Gasteiger partial charge is 0.303 e. The van der Waals surface area contributed by atoms with Crippen LogP contribution in [0.1, 0.15) is 85.3 Å². The molecular weight excluding hydrogens is 885 g/mol. The number of benzene rings is 2. The number of nitrogens with one attached hydrogen (secondary N) is 8. The molecule has 0 saturated carbocycles. The van der Waals surface area contributed by atoms with E-state index in [4.69, 9.17) is 11.5 Å². The zero-order valence-electron chi connectivity index (χ0n) is 39.6. The van der Waals surface area contributed by atoms with Crippen molar-refractivity contribution in [1.29, 1.82) is 0 Å². The summed E-state index contributed by atoms with van der Waals surface area (Å²) in [5, 5.41) is 39.7. The van der Waals surface area contributed by atoms with Gasteiger partial charge in [0.05, 0.1) is 12.6 Å². The van der Waals surface area contributed by atoms with Gasteiger partial charge in [-0.3, -0.25) is 47.9 Å². The van der Waals surface area contributed by atoms with Crippen molar-refractivity contribution in [2.75, 3.05) is 6.54 Å². The van der Waals surface area contributed by atoms with Gasteiger partial charge in [0.25, 0.3) is 0 Å². The van der Waals surface area contributed by atoms with Crippen LogP contribution < -0.4 is 54.0 Å². The van der Waals surface area contributed by atoms with Crippen LogP contribution in [-0.2, 0) is 60.8 Å². The zero-order valence-corrected chi connectivity index (χ0v) is 39.6. The van der Waals surface area contributed by atoms with E-state index in [1.165, 1.54) is 31.2 Å². The third-order valence-electron chi connectivity index (χ3n) is 10.7. The van der Waals surface area contributed by atoms with Crippen molar-refractivity contribution >= 4 is 59.1 Å². The molecule has 0 heterocycles. The first kappa shape index (κ1) is 57.0. The van der Waals surface area contributed by atoms with E-state index in [2.05, 4.69) is 42.5 Å². The number of rotatable bonds is 28. The average Bonchev–Trinajstić information content (AvgIpc) is 3.28. The minimum Gasteiger partial charge on any atom is -0.508 e. The van der Waals surface area contributed by atoms with E-state index in [1.54, 1.807) is 71.9 Å². The van der Waals surface area contributed by atoms with E-state index < -0.39 is 139 Å². The predicted molar refractivity (Wildman–Crippen MR) is 248 cm³/mol. The largest absolute Gasteiger partial charge is 0.508 e. The van der Waals surface area contributed by atoms with Crippen molar-refractivity contribution in [2.45, 2.75) is 135 Å². The predicted octanol–water partition coefficient (Wildman–Crippen LogP) is -1.48. The van der Waals surface area contributed by atoms with Gasteiger partial charge < -0.3 is 64.2 Å². The van der Waals surface area contributed by atoms with E-state index in [1.807, 2.05) is 0 Å². The Morgan fingerprint density at radius 2 is 0.985 bits per heavy atom. The zero-order chi connectivity index (χ0) is 51.2.